The second-order valence-corrected chi connectivity index (χ2v) is 5.05. The first-order chi connectivity index (χ1) is 8.22. The molecule has 0 amide bonds. The molecule has 1 aliphatic heterocycles. The summed E-state index contributed by atoms with van der Waals surface area (Å²) in [5, 5.41) is 0. The van der Waals surface area contributed by atoms with Crippen molar-refractivity contribution in [2.45, 2.75) is 52.1 Å². The molecule has 0 saturated carbocycles. The molecule has 2 heterocycles. The van der Waals surface area contributed by atoms with Crippen LogP contribution in [0.3, 0.4) is 0 Å². The lowest BCUT2D eigenvalue weighted by molar-refractivity contribution is 0.614. The second-order valence-electron chi connectivity index (χ2n) is 5.05. The Morgan fingerprint density at radius 2 is 2.24 bits per heavy atom. The molecule has 0 radical (unpaired) electrons. The Labute approximate surface area is 104 Å². The van der Waals surface area contributed by atoms with E-state index in [0.717, 1.165) is 12.2 Å². The third-order valence-electron chi connectivity index (χ3n) is 3.68. The number of nitrogens with zero attached hydrogens (tertiary/aromatic N) is 2. The van der Waals surface area contributed by atoms with E-state index in [1.54, 1.807) is 0 Å². The van der Waals surface area contributed by atoms with Gasteiger partial charge < -0.3 is 10.6 Å². The number of pyridine rings is 1. The molecule has 2 N–H and O–H groups in total. The molecule has 1 aliphatic rings. The van der Waals surface area contributed by atoms with E-state index in [0.29, 0.717) is 12.6 Å². The zero-order chi connectivity index (χ0) is 12.3. The number of hydrogen-bond acceptors (Lipinski definition) is 3. The van der Waals surface area contributed by atoms with Crippen molar-refractivity contribution in [2.24, 2.45) is 5.73 Å². The smallest absolute Gasteiger partial charge is 0.0447 e. The summed E-state index contributed by atoms with van der Waals surface area (Å²) in [5.74, 6) is 0. The van der Waals surface area contributed by atoms with Crippen molar-refractivity contribution in [3.63, 3.8) is 0 Å². The van der Waals surface area contributed by atoms with Gasteiger partial charge in [-0.2, -0.15) is 0 Å². The average molecular weight is 233 g/mol. The Morgan fingerprint density at radius 1 is 1.41 bits per heavy atom. The molecular weight excluding hydrogens is 210 g/mol. The average Bonchev–Trinajstić information content (AvgIpc) is 2.54. The van der Waals surface area contributed by atoms with Crippen molar-refractivity contribution in [3.05, 3.63) is 23.5 Å². The number of nitrogens with two attached hydrogens (primary N) is 1. The fraction of sp³-hybridized carbons (Fsp3) is 0.643. The molecular formula is C14H23N3. The minimum absolute atomic E-state index is 0.575. The molecule has 2 rings (SSSR count). The fourth-order valence-electron chi connectivity index (χ4n) is 2.63. The minimum Gasteiger partial charge on any atom is -0.368 e. The normalized spacial score (nSPS) is 21.4. The standard InChI is InChI=1S/C14H23N3/c1-11-8-14(13(9-15)10-16-11)17-7-5-3-4-6-12(17)2/h8,10,12H,3-7,9,15H2,1-2H3. The number of rotatable bonds is 2. The van der Waals surface area contributed by atoms with Gasteiger partial charge in [0.25, 0.3) is 0 Å². The molecule has 1 atom stereocenters. The van der Waals surface area contributed by atoms with Crippen LogP contribution in [0.25, 0.3) is 0 Å². The Hall–Kier alpha value is -1.09. The molecule has 17 heavy (non-hydrogen) atoms. The van der Waals surface area contributed by atoms with Gasteiger partial charge in [-0.25, -0.2) is 0 Å². The van der Waals surface area contributed by atoms with Gasteiger partial charge in [-0.15, -0.1) is 0 Å². The predicted octanol–water partition coefficient (Wildman–Crippen LogP) is 2.62. The van der Waals surface area contributed by atoms with Gasteiger partial charge in [0.2, 0.25) is 0 Å². The first kappa shape index (κ1) is 12.4. The van der Waals surface area contributed by atoms with Crippen LogP contribution in [0.5, 0.6) is 0 Å². The van der Waals surface area contributed by atoms with Gasteiger partial charge in [0, 0.05) is 42.3 Å². The molecule has 94 valence electrons. The molecule has 1 fully saturated rings. The maximum Gasteiger partial charge on any atom is 0.0447 e. The van der Waals surface area contributed by atoms with Gasteiger partial charge in [0.05, 0.1) is 0 Å². The van der Waals surface area contributed by atoms with Crippen LogP contribution in [0, 0.1) is 6.92 Å². The highest BCUT2D eigenvalue weighted by Crippen LogP contribution is 2.27. The third kappa shape index (κ3) is 2.78. The molecule has 1 saturated heterocycles. The van der Waals surface area contributed by atoms with E-state index in [4.69, 9.17) is 5.73 Å². The summed E-state index contributed by atoms with van der Waals surface area (Å²) in [6.07, 6.45) is 7.20. The minimum atomic E-state index is 0.575. The van der Waals surface area contributed by atoms with Crippen molar-refractivity contribution in [2.75, 3.05) is 11.4 Å². The van der Waals surface area contributed by atoms with E-state index in [-0.39, 0.29) is 0 Å². The molecule has 0 aliphatic carbocycles. The van der Waals surface area contributed by atoms with Crippen LogP contribution in [-0.4, -0.2) is 17.6 Å². The van der Waals surface area contributed by atoms with Gasteiger partial charge in [-0.3, -0.25) is 4.98 Å². The largest absolute Gasteiger partial charge is 0.368 e. The number of hydrogen-bond donors (Lipinski definition) is 1. The molecule has 3 heteroatoms. The summed E-state index contributed by atoms with van der Waals surface area (Å²) < 4.78 is 0. The van der Waals surface area contributed by atoms with Crippen molar-refractivity contribution in [1.29, 1.82) is 0 Å². The summed E-state index contributed by atoms with van der Waals surface area (Å²) in [6, 6.07) is 2.80. The van der Waals surface area contributed by atoms with Gasteiger partial charge in [0.1, 0.15) is 0 Å². The second kappa shape index (κ2) is 5.50. The summed E-state index contributed by atoms with van der Waals surface area (Å²) in [4.78, 5) is 6.86. The van der Waals surface area contributed by atoms with Crippen LogP contribution in [0.15, 0.2) is 12.3 Å². The maximum atomic E-state index is 5.83. The van der Waals surface area contributed by atoms with Crippen molar-refractivity contribution in [1.82, 2.24) is 4.98 Å². The Bertz CT molecular complexity index is 376. The highest BCUT2D eigenvalue weighted by atomic mass is 15.2. The highest BCUT2D eigenvalue weighted by molar-refractivity contribution is 5.54. The molecule has 3 nitrogen and oxygen atoms in total. The molecule has 1 aromatic heterocycles. The lowest BCUT2D eigenvalue weighted by Crippen LogP contribution is -2.33. The highest BCUT2D eigenvalue weighted by Gasteiger charge is 2.19. The van der Waals surface area contributed by atoms with Gasteiger partial charge in [-0.05, 0) is 32.8 Å². The fourth-order valence-corrected chi connectivity index (χ4v) is 2.63. The first-order valence-electron chi connectivity index (χ1n) is 6.64. The number of aryl methyl sites for hydroxylation is 1. The van der Waals surface area contributed by atoms with E-state index < -0.39 is 0 Å². The summed E-state index contributed by atoms with van der Waals surface area (Å²) in [7, 11) is 0. The van der Waals surface area contributed by atoms with Gasteiger partial charge in [-0.1, -0.05) is 12.8 Å². The molecule has 0 bridgehead atoms. The Balaban J connectivity index is 2.32. The van der Waals surface area contributed by atoms with E-state index in [1.807, 2.05) is 13.1 Å². The molecule has 1 aromatic rings. The molecule has 1 unspecified atom stereocenters. The predicted molar refractivity (Wildman–Crippen MR) is 72.1 cm³/mol. The van der Waals surface area contributed by atoms with Crippen molar-refractivity contribution < 1.29 is 0 Å². The Kier molecular flexibility index (Phi) is 4.00. The summed E-state index contributed by atoms with van der Waals surface area (Å²) >= 11 is 0. The van der Waals surface area contributed by atoms with E-state index in [9.17, 15) is 0 Å². The maximum absolute atomic E-state index is 5.83. The molecule has 0 spiro atoms. The van der Waals surface area contributed by atoms with Crippen LogP contribution in [0.1, 0.15) is 43.9 Å². The Morgan fingerprint density at radius 3 is 3.00 bits per heavy atom. The van der Waals surface area contributed by atoms with Crippen LogP contribution >= 0.6 is 0 Å². The lowest BCUT2D eigenvalue weighted by atomic mass is 10.1. The SMILES string of the molecule is Cc1cc(N2CCCCCC2C)c(CN)cn1. The monoisotopic (exact) mass is 233 g/mol. The zero-order valence-corrected chi connectivity index (χ0v) is 10.9. The zero-order valence-electron chi connectivity index (χ0n) is 10.9. The van der Waals surface area contributed by atoms with Crippen molar-refractivity contribution in [3.8, 4) is 0 Å². The van der Waals surface area contributed by atoms with E-state index in [2.05, 4.69) is 22.9 Å². The molecule has 0 aromatic carbocycles. The van der Waals surface area contributed by atoms with Crippen LogP contribution in [-0.2, 0) is 6.54 Å². The quantitative estimate of drug-likeness (QED) is 0.854. The van der Waals surface area contributed by atoms with Crippen LogP contribution < -0.4 is 10.6 Å². The number of anilines is 1. The van der Waals surface area contributed by atoms with Crippen LogP contribution in [0.4, 0.5) is 5.69 Å². The van der Waals surface area contributed by atoms with Gasteiger partial charge in [0.15, 0.2) is 0 Å². The lowest BCUT2D eigenvalue weighted by Gasteiger charge is -2.31. The van der Waals surface area contributed by atoms with E-state index >= 15 is 0 Å². The topological polar surface area (TPSA) is 42.1 Å². The van der Waals surface area contributed by atoms with Crippen molar-refractivity contribution >= 4 is 5.69 Å². The van der Waals surface area contributed by atoms with E-state index in [1.165, 1.54) is 36.9 Å². The number of aromatic nitrogens is 1. The summed E-state index contributed by atoms with van der Waals surface area (Å²) in [5.41, 5.74) is 9.37. The van der Waals surface area contributed by atoms with Gasteiger partial charge >= 0.3 is 0 Å². The van der Waals surface area contributed by atoms with Crippen LogP contribution in [0.2, 0.25) is 0 Å². The first-order valence-corrected chi connectivity index (χ1v) is 6.64. The summed E-state index contributed by atoms with van der Waals surface area (Å²) in [6.45, 7) is 6.09. The third-order valence-corrected chi connectivity index (χ3v) is 3.68.